The van der Waals surface area contributed by atoms with Crippen molar-refractivity contribution in [1.29, 1.82) is 0 Å². The molecular weight excluding hydrogens is 290 g/mol. The zero-order chi connectivity index (χ0) is 15.4. The van der Waals surface area contributed by atoms with E-state index in [-0.39, 0.29) is 4.75 Å². The van der Waals surface area contributed by atoms with Crippen LogP contribution in [-0.2, 0) is 10.0 Å². The first-order valence-corrected chi connectivity index (χ1v) is 9.32. The highest BCUT2D eigenvalue weighted by Crippen LogP contribution is 2.22. The van der Waals surface area contributed by atoms with Gasteiger partial charge in [0.15, 0.2) is 0 Å². The minimum absolute atomic E-state index is 0.157. The Bertz CT molecular complexity index is 514. The van der Waals surface area contributed by atoms with Crippen molar-refractivity contribution in [2.45, 2.75) is 50.2 Å². The number of rotatable bonds is 6. The number of benzene rings is 1. The van der Waals surface area contributed by atoms with Crippen molar-refractivity contribution in [3.63, 3.8) is 0 Å². The second kappa shape index (κ2) is 6.96. The first-order valence-electron chi connectivity index (χ1n) is 6.85. The fourth-order valence-electron chi connectivity index (χ4n) is 1.65. The third-order valence-electron chi connectivity index (χ3n) is 2.79. The maximum absolute atomic E-state index is 12.1. The van der Waals surface area contributed by atoms with Crippen LogP contribution in [-0.4, -0.2) is 25.5 Å². The molecule has 114 valence electrons. The van der Waals surface area contributed by atoms with Gasteiger partial charge in [0.2, 0.25) is 10.0 Å². The van der Waals surface area contributed by atoms with Crippen molar-refractivity contribution in [2.75, 3.05) is 12.3 Å². The van der Waals surface area contributed by atoms with Gasteiger partial charge in [-0.05, 0) is 23.6 Å². The third-order valence-corrected chi connectivity index (χ3v) is 5.54. The van der Waals surface area contributed by atoms with E-state index in [0.717, 1.165) is 11.3 Å². The highest BCUT2D eigenvalue weighted by molar-refractivity contribution is 8.00. The molecule has 1 rings (SSSR count). The summed E-state index contributed by atoms with van der Waals surface area (Å²) in [5.74, 6) is 1.18. The molecule has 0 saturated carbocycles. The second-order valence-electron chi connectivity index (χ2n) is 6.08. The van der Waals surface area contributed by atoms with Gasteiger partial charge in [0.05, 0.1) is 4.90 Å². The lowest BCUT2D eigenvalue weighted by atomic mass is 10.0. The molecule has 0 fully saturated rings. The van der Waals surface area contributed by atoms with Crippen molar-refractivity contribution in [2.24, 2.45) is 0 Å². The molecule has 0 bridgehead atoms. The van der Waals surface area contributed by atoms with Gasteiger partial charge in [-0.3, -0.25) is 0 Å². The Kier molecular flexibility index (Phi) is 6.10. The summed E-state index contributed by atoms with van der Waals surface area (Å²) in [5, 5.41) is 0. The average molecular weight is 316 g/mol. The van der Waals surface area contributed by atoms with Crippen LogP contribution in [0.4, 0.5) is 0 Å². The minimum Gasteiger partial charge on any atom is -0.210 e. The van der Waals surface area contributed by atoms with Gasteiger partial charge in [-0.1, -0.05) is 46.8 Å². The van der Waals surface area contributed by atoms with Crippen LogP contribution in [0.3, 0.4) is 0 Å². The molecule has 0 saturated heterocycles. The number of nitrogens with one attached hydrogen (secondary N) is 1. The molecule has 0 spiro atoms. The molecule has 0 aliphatic carbocycles. The van der Waals surface area contributed by atoms with Gasteiger partial charge in [-0.25, -0.2) is 13.1 Å². The van der Waals surface area contributed by atoms with E-state index in [1.54, 1.807) is 23.9 Å². The van der Waals surface area contributed by atoms with E-state index in [1.807, 2.05) is 12.1 Å². The maximum Gasteiger partial charge on any atom is 0.240 e. The summed E-state index contributed by atoms with van der Waals surface area (Å²) >= 11 is 1.75. The Morgan fingerprint density at radius 1 is 1.15 bits per heavy atom. The minimum atomic E-state index is -3.38. The van der Waals surface area contributed by atoms with Crippen molar-refractivity contribution in [1.82, 2.24) is 4.72 Å². The second-order valence-corrected chi connectivity index (χ2v) is 9.77. The molecule has 20 heavy (non-hydrogen) atoms. The monoisotopic (exact) mass is 315 g/mol. The van der Waals surface area contributed by atoms with Crippen LogP contribution in [0.1, 0.15) is 46.1 Å². The molecule has 3 nitrogen and oxygen atoms in total. The van der Waals surface area contributed by atoms with Crippen LogP contribution in [0, 0.1) is 0 Å². The Morgan fingerprint density at radius 2 is 1.70 bits per heavy atom. The molecule has 0 aromatic heterocycles. The summed E-state index contributed by atoms with van der Waals surface area (Å²) in [6, 6.07) is 7.11. The predicted octanol–water partition coefficient (Wildman–Crippen LogP) is 3.62. The topological polar surface area (TPSA) is 46.2 Å². The van der Waals surface area contributed by atoms with Crippen molar-refractivity contribution >= 4 is 21.8 Å². The van der Waals surface area contributed by atoms with Gasteiger partial charge in [0.25, 0.3) is 0 Å². The van der Waals surface area contributed by atoms with Crippen LogP contribution < -0.4 is 4.72 Å². The van der Waals surface area contributed by atoms with Crippen LogP contribution in [0.15, 0.2) is 29.2 Å². The summed E-state index contributed by atoms with van der Waals surface area (Å²) < 4.78 is 27.0. The lowest BCUT2D eigenvalue weighted by molar-refractivity contribution is 0.584. The van der Waals surface area contributed by atoms with Crippen LogP contribution >= 0.6 is 11.8 Å². The van der Waals surface area contributed by atoms with Crippen LogP contribution in [0.5, 0.6) is 0 Å². The van der Waals surface area contributed by atoms with Gasteiger partial charge in [-0.15, -0.1) is 0 Å². The van der Waals surface area contributed by atoms with E-state index in [0.29, 0.717) is 17.4 Å². The van der Waals surface area contributed by atoms with Gasteiger partial charge < -0.3 is 0 Å². The predicted molar refractivity (Wildman–Crippen MR) is 87.9 cm³/mol. The van der Waals surface area contributed by atoms with Crippen LogP contribution in [0.25, 0.3) is 0 Å². The third kappa shape index (κ3) is 5.85. The number of thioether (sulfide) groups is 1. The van der Waals surface area contributed by atoms with Gasteiger partial charge in [-0.2, -0.15) is 11.8 Å². The number of sulfonamides is 1. The summed E-state index contributed by atoms with van der Waals surface area (Å²) in [5.41, 5.74) is 1.15. The van der Waals surface area contributed by atoms with Crippen molar-refractivity contribution in [3.05, 3.63) is 29.8 Å². The van der Waals surface area contributed by atoms with Crippen LogP contribution in [0.2, 0.25) is 0 Å². The summed E-state index contributed by atoms with van der Waals surface area (Å²) in [6.45, 7) is 11.0. The van der Waals surface area contributed by atoms with Crippen molar-refractivity contribution < 1.29 is 8.42 Å². The molecule has 0 aliphatic heterocycles. The Hall–Kier alpha value is -0.520. The molecule has 0 heterocycles. The van der Waals surface area contributed by atoms with Gasteiger partial charge >= 0.3 is 0 Å². The molecule has 1 aromatic carbocycles. The highest BCUT2D eigenvalue weighted by Gasteiger charge is 2.15. The quantitative estimate of drug-likeness (QED) is 0.816. The highest BCUT2D eigenvalue weighted by atomic mass is 32.2. The first-order chi connectivity index (χ1) is 9.12. The Labute approximate surface area is 127 Å². The molecule has 1 aromatic rings. The number of hydrogen-bond donors (Lipinski definition) is 1. The largest absolute Gasteiger partial charge is 0.240 e. The maximum atomic E-state index is 12.1. The van der Waals surface area contributed by atoms with E-state index < -0.39 is 10.0 Å². The summed E-state index contributed by atoms with van der Waals surface area (Å²) in [4.78, 5) is 0.336. The zero-order valence-electron chi connectivity index (χ0n) is 12.9. The average Bonchev–Trinajstić information content (AvgIpc) is 2.34. The Morgan fingerprint density at radius 3 is 2.15 bits per heavy atom. The Balaban J connectivity index is 2.60. The fraction of sp³-hybridized carbons (Fsp3) is 0.600. The van der Waals surface area contributed by atoms with E-state index in [9.17, 15) is 8.42 Å². The lowest BCUT2D eigenvalue weighted by Crippen LogP contribution is -2.27. The molecule has 0 unspecified atom stereocenters. The number of hydrogen-bond acceptors (Lipinski definition) is 3. The standard InChI is InChI=1S/C15H25NO2S2/c1-12(2)13-6-8-14(9-7-13)20(17,18)16-10-11-19-15(3,4)5/h6-9,12,16H,10-11H2,1-5H3. The normalized spacial score (nSPS) is 12.9. The summed E-state index contributed by atoms with van der Waals surface area (Å²) in [6.07, 6.45) is 0. The molecular formula is C15H25NO2S2. The molecule has 0 aliphatic rings. The molecule has 5 heteroatoms. The lowest BCUT2D eigenvalue weighted by Gasteiger charge is -2.17. The summed E-state index contributed by atoms with van der Waals surface area (Å²) in [7, 11) is -3.38. The van der Waals surface area contributed by atoms with E-state index in [4.69, 9.17) is 0 Å². The van der Waals surface area contributed by atoms with E-state index in [1.165, 1.54) is 0 Å². The first kappa shape index (κ1) is 17.5. The molecule has 0 amide bonds. The molecule has 0 atom stereocenters. The van der Waals surface area contributed by atoms with Gasteiger partial charge in [0.1, 0.15) is 0 Å². The van der Waals surface area contributed by atoms with Gasteiger partial charge in [0, 0.05) is 17.0 Å². The smallest absolute Gasteiger partial charge is 0.210 e. The SMILES string of the molecule is CC(C)c1ccc(S(=O)(=O)NCCSC(C)(C)C)cc1. The van der Waals surface area contributed by atoms with E-state index >= 15 is 0 Å². The molecule has 1 N–H and O–H groups in total. The zero-order valence-corrected chi connectivity index (χ0v) is 14.6. The fourth-order valence-corrected chi connectivity index (χ4v) is 3.63. The van der Waals surface area contributed by atoms with E-state index in [2.05, 4.69) is 39.3 Å². The van der Waals surface area contributed by atoms with Crippen molar-refractivity contribution in [3.8, 4) is 0 Å². The molecule has 0 radical (unpaired) electrons.